The number of fused-ring (bicyclic) bond motifs is 1. The van der Waals surface area contributed by atoms with Crippen molar-refractivity contribution in [3.63, 3.8) is 0 Å². The highest BCUT2D eigenvalue weighted by Gasteiger charge is 2.14. The third-order valence-corrected chi connectivity index (χ3v) is 5.15. The summed E-state index contributed by atoms with van der Waals surface area (Å²) in [4.78, 5) is 18.9. The summed E-state index contributed by atoms with van der Waals surface area (Å²) in [5.74, 6) is -0.292. The average Bonchev–Trinajstić information content (AvgIpc) is 3.06. The number of hydrogen-bond donors (Lipinski definition) is 2. The molecule has 6 nitrogen and oxygen atoms in total. The van der Waals surface area contributed by atoms with Crippen LogP contribution in [0.25, 0.3) is 22.2 Å². The summed E-state index contributed by atoms with van der Waals surface area (Å²) in [5, 5.41) is 0. The van der Waals surface area contributed by atoms with E-state index < -0.39 is 11.4 Å². The molecule has 0 aliphatic rings. The van der Waals surface area contributed by atoms with Crippen molar-refractivity contribution < 1.29 is 8.94 Å². The van der Waals surface area contributed by atoms with Gasteiger partial charge >= 0.3 is 0 Å². The predicted octanol–water partition coefficient (Wildman–Crippen LogP) is 3.59. The third kappa shape index (κ3) is 4.03. The number of aromatic nitrogens is 3. The first-order chi connectivity index (χ1) is 13.9. The van der Waals surface area contributed by atoms with E-state index in [0.717, 1.165) is 22.2 Å². The van der Waals surface area contributed by atoms with Crippen molar-refractivity contribution in [1.29, 1.82) is 0 Å². The molecule has 148 valence electrons. The standard InChI is InChI=1S/C21H19FN4O2S/c1-13-6-16(10-23-21(13)27)15-8-18(25-29(2)28)20-19(9-15)26(12-24-20)11-14-4-3-5-17(22)7-14/h3-10,12,25H,11H2,1-2H3,(H,23,27)/t29-/m0/s1. The fraction of sp³-hybridized carbons (Fsp3) is 0.143. The number of aryl methyl sites for hydroxylation is 1. The first-order valence-corrected chi connectivity index (χ1v) is 10.5. The van der Waals surface area contributed by atoms with Crippen LogP contribution < -0.4 is 10.3 Å². The van der Waals surface area contributed by atoms with E-state index in [1.165, 1.54) is 12.1 Å². The van der Waals surface area contributed by atoms with Gasteiger partial charge in [-0.2, -0.15) is 0 Å². The van der Waals surface area contributed by atoms with E-state index in [-0.39, 0.29) is 11.4 Å². The second-order valence-electron chi connectivity index (χ2n) is 6.85. The van der Waals surface area contributed by atoms with Gasteiger partial charge in [0.1, 0.15) is 23.3 Å². The van der Waals surface area contributed by atoms with E-state index in [9.17, 15) is 13.7 Å². The number of nitrogens with one attached hydrogen (secondary N) is 2. The fourth-order valence-corrected chi connectivity index (χ4v) is 3.75. The largest absolute Gasteiger partial charge is 0.593 e. The van der Waals surface area contributed by atoms with Crippen molar-refractivity contribution in [1.82, 2.24) is 14.5 Å². The number of aromatic amines is 1. The van der Waals surface area contributed by atoms with Crippen LogP contribution in [-0.4, -0.2) is 25.3 Å². The molecule has 29 heavy (non-hydrogen) atoms. The van der Waals surface area contributed by atoms with Gasteiger partial charge in [0.15, 0.2) is 0 Å². The Bertz CT molecular complexity index is 1250. The summed E-state index contributed by atoms with van der Waals surface area (Å²) in [6.07, 6.45) is 4.88. The van der Waals surface area contributed by atoms with E-state index in [0.29, 0.717) is 23.3 Å². The van der Waals surface area contributed by atoms with E-state index in [1.807, 2.05) is 22.8 Å². The molecule has 2 aromatic carbocycles. The molecule has 0 unspecified atom stereocenters. The van der Waals surface area contributed by atoms with Gasteiger partial charge in [0.25, 0.3) is 5.56 Å². The van der Waals surface area contributed by atoms with Gasteiger partial charge in [0, 0.05) is 18.3 Å². The quantitative estimate of drug-likeness (QED) is 0.493. The minimum atomic E-state index is -1.28. The van der Waals surface area contributed by atoms with Crippen molar-refractivity contribution >= 4 is 28.1 Å². The van der Waals surface area contributed by atoms with Crippen molar-refractivity contribution in [3.05, 3.63) is 82.3 Å². The zero-order chi connectivity index (χ0) is 20.5. The smallest absolute Gasteiger partial charge is 0.250 e. The van der Waals surface area contributed by atoms with Crippen LogP contribution in [0.2, 0.25) is 0 Å². The van der Waals surface area contributed by atoms with Crippen molar-refractivity contribution in [2.24, 2.45) is 0 Å². The van der Waals surface area contributed by atoms with Gasteiger partial charge in [0.05, 0.1) is 23.2 Å². The number of halogens is 1. The first kappa shape index (κ1) is 19.2. The minimum Gasteiger partial charge on any atom is -0.593 e. The van der Waals surface area contributed by atoms with Gasteiger partial charge in [0.2, 0.25) is 0 Å². The van der Waals surface area contributed by atoms with Gasteiger partial charge in [-0.1, -0.05) is 12.1 Å². The lowest BCUT2D eigenvalue weighted by atomic mass is 10.0. The zero-order valence-electron chi connectivity index (χ0n) is 15.9. The number of hydrogen-bond acceptors (Lipinski definition) is 4. The molecule has 2 N–H and O–H groups in total. The number of nitrogens with zero attached hydrogens (tertiary/aromatic N) is 2. The van der Waals surface area contributed by atoms with Crippen LogP contribution in [-0.2, 0) is 17.9 Å². The number of rotatable bonds is 5. The van der Waals surface area contributed by atoms with Gasteiger partial charge in [-0.25, -0.2) is 14.1 Å². The molecular formula is C21H19FN4O2S. The number of imidazole rings is 1. The van der Waals surface area contributed by atoms with Gasteiger partial charge in [-0.05, 0) is 53.9 Å². The molecule has 0 saturated heterocycles. The van der Waals surface area contributed by atoms with E-state index in [4.69, 9.17) is 0 Å². The molecule has 4 aromatic rings. The maximum absolute atomic E-state index is 13.6. The van der Waals surface area contributed by atoms with E-state index >= 15 is 0 Å². The number of anilines is 1. The molecular weight excluding hydrogens is 391 g/mol. The molecule has 0 fully saturated rings. The monoisotopic (exact) mass is 410 g/mol. The number of benzene rings is 2. The summed E-state index contributed by atoms with van der Waals surface area (Å²) in [6.45, 7) is 2.19. The lowest BCUT2D eigenvalue weighted by Crippen LogP contribution is -2.10. The molecule has 0 aliphatic carbocycles. The van der Waals surface area contributed by atoms with Crippen LogP contribution in [0.4, 0.5) is 10.1 Å². The van der Waals surface area contributed by atoms with Gasteiger partial charge in [-0.3, -0.25) is 4.79 Å². The van der Waals surface area contributed by atoms with Gasteiger partial charge in [-0.15, -0.1) is 0 Å². The van der Waals surface area contributed by atoms with Crippen LogP contribution in [0, 0.1) is 12.7 Å². The molecule has 0 amide bonds. The van der Waals surface area contributed by atoms with E-state index in [2.05, 4.69) is 14.7 Å². The van der Waals surface area contributed by atoms with Crippen LogP contribution in [0.15, 0.2) is 59.8 Å². The van der Waals surface area contributed by atoms with E-state index in [1.54, 1.807) is 37.8 Å². The Hall–Kier alpha value is -3.10. The molecule has 2 heterocycles. The molecule has 4 rings (SSSR count). The summed E-state index contributed by atoms with van der Waals surface area (Å²) in [6, 6.07) is 12.0. The maximum atomic E-state index is 13.6. The normalized spacial score (nSPS) is 12.3. The molecule has 0 aliphatic heterocycles. The Morgan fingerprint density at radius 3 is 2.79 bits per heavy atom. The average molecular weight is 410 g/mol. The van der Waals surface area contributed by atoms with Crippen molar-refractivity contribution in [2.75, 3.05) is 11.0 Å². The highest BCUT2D eigenvalue weighted by Crippen LogP contribution is 2.31. The first-order valence-electron chi connectivity index (χ1n) is 8.94. The maximum Gasteiger partial charge on any atom is 0.250 e. The van der Waals surface area contributed by atoms with Crippen molar-refractivity contribution in [3.8, 4) is 11.1 Å². The van der Waals surface area contributed by atoms with Gasteiger partial charge < -0.3 is 14.1 Å². The topological polar surface area (TPSA) is 85.8 Å². The lowest BCUT2D eigenvalue weighted by molar-refractivity contribution is 0.606. The molecule has 2 aromatic heterocycles. The summed E-state index contributed by atoms with van der Waals surface area (Å²) >= 11 is -1.28. The van der Waals surface area contributed by atoms with Crippen LogP contribution in [0.1, 0.15) is 11.1 Å². The molecule has 1 atom stereocenters. The number of pyridine rings is 1. The Morgan fingerprint density at radius 1 is 1.24 bits per heavy atom. The molecule has 0 radical (unpaired) electrons. The Kier molecular flexibility index (Phi) is 5.12. The molecule has 0 spiro atoms. The Morgan fingerprint density at radius 2 is 2.07 bits per heavy atom. The highest BCUT2D eigenvalue weighted by atomic mass is 32.2. The second kappa shape index (κ2) is 7.73. The Balaban J connectivity index is 1.86. The Labute approximate surface area is 169 Å². The highest BCUT2D eigenvalue weighted by molar-refractivity contribution is 7.92. The number of H-pyrrole nitrogens is 1. The van der Waals surface area contributed by atoms with Crippen molar-refractivity contribution in [2.45, 2.75) is 13.5 Å². The summed E-state index contributed by atoms with van der Waals surface area (Å²) in [5.41, 5.74) is 5.04. The second-order valence-corrected chi connectivity index (χ2v) is 7.96. The minimum absolute atomic E-state index is 0.140. The molecule has 8 heteroatoms. The van der Waals surface area contributed by atoms with Crippen LogP contribution in [0.5, 0.6) is 0 Å². The zero-order valence-corrected chi connectivity index (χ0v) is 16.7. The van der Waals surface area contributed by atoms with Crippen LogP contribution >= 0.6 is 0 Å². The molecule has 0 bridgehead atoms. The summed E-state index contributed by atoms with van der Waals surface area (Å²) < 4.78 is 30.2. The van der Waals surface area contributed by atoms with Crippen LogP contribution in [0.3, 0.4) is 0 Å². The lowest BCUT2D eigenvalue weighted by Gasteiger charge is -2.12. The molecule has 0 saturated carbocycles. The fourth-order valence-electron chi connectivity index (χ4n) is 3.28. The predicted molar refractivity (Wildman–Crippen MR) is 114 cm³/mol. The summed E-state index contributed by atoms with van der Waals surface area (Å²) in [7, 11) is 0. The SMILES string of the molecule is Cc1cc(-c2cc(N[S@+](C)[O-])c3ncn(Cc4cccc(F)c4)c3c2)c[nH]c1=O. The third-order valence-electron chi connectivity index (χ3n) is 4.64.